The largest absolute Gasteiger partial charge is 0.450 e. The van der Waals surface area contributed by atoms with Crippen molar-refractivity contribution in [1.82, 2.24) is 9.91 Å². The SMILES string of the molecule is CCOC(=O)N1CCC(N2N=C(C3CCCCC3)c3ccc(C)cc3N(c3ccc([N+](=O)[O-])cc3)C2=O)CC1. The van der Waals surface area contributed by atoms with Gasteiger partial charge in [0.05, 0.1) is 34.7 Å². The standard InChI is InChI=1S/C29H35N5O5/c1-3-39-29(36)31-17-15-23(16-18-31)33-28(35)32(22-10-12-24(13-11-22)34(37)38)26-19-20(2)9-14-25(26)27(30-33)21-7-5-4-6-8-21/h9-14,19,21,23H,3-8,15-18H2,1-2H3. The van der Waals surface area contributed by atoms with Crippen molar-refractivity contribution in [3.63, 3.8) is 0 Å². The van der Waals surface area contributed by atoms with Crippen LogP contribution in [0, 0.1) is 23.0 Å². The summed E-state index contributed by atoms with van der Waals surface area (Å²) in [6.07, 6.45) is 6.32. The van der Waals surface area contributed by atoms with Crippen LogP contribution in [0.15, 0.2) is 47.6 Å². The molecule has 2 aromatic carbocycles. The van der Waals surface area contributed by atoms with Crippen molar-refractivity contribution in [3.05, 3.63) is 63.7 Å². The molecule has 1 aliphatic carbocycles. The highest BCUT2D eigenvalue weighted by molar-refractivity contribution is 6.14. The molecule has 5 rings (SSSR count). The van der Waals surface area contributed by atoms with Crippen molar-refractivity contribution in [2.24, 2.45) is 11.0 Å². The van der Waals surface area contributed by atoms with E-state index in [1.165, 1.54) is 18.6 Å². The van der Waals surface area contributed by atoms with Gasteiger partial charge in [-0.3, -0.25) is 15.0 Å². The maximum absolute atomic E-state index is 14.4. The highest BCUT2D eigenvalue weighted by Gasteiger charge is 2.39. The third-order valence-corrected chi connectivity index (χ3v) is 7.92. The van der Waals surface area contributed by atoms with Gasteiger partial charge in [0.25, 0.3) is 5.69 Å². The zero-order valence-corrected chi connectivity index (χ0v) is 22.5. The molecule has 0 unspecified atom stereocenters. The molecule has 10 nitrogen and oxygen atoms in total. The molecule has 1 saturated heterocycles. The summed E-state index contributed by atoms with van der Waals surface area (Å²) in [5.41, 5.74) is 4.11. The van der Waals surface area contributed by atoms with Gasteiger partial charge in [0.15, 0.2) is 0 Å². The maximum Gasteiger partial charge on any atom is 0.409 e. The Morgan fingerprint density at radius 3 is 2.38 bits per heavy atom. The number of rotatable bonds is 5. The van der Waals surface area contributed by atoms with E-state index in [1.807, 2.05) is 19.1 Å². The van der Waals surface area contributed by atoms with Crippen molar-refractivity contribution in [2.75, 3.05) is 24.6 Å². The van der Waals surface area contributed by atoms with Gasteiger partial charge in [-0.15, -0.1) is 0 Å². The van der Waals surface area contributed by atoms with Gasteiger partial charge >= 0.3 is 12.1 Å². The number of piperidine rings is 1. The van der Waals surface area contributed by atoms with Gasteiger partial charge in [0.2, 0.25) is 0 Å². The minimum Gasteiger partial charge on any atom is -0.450 e. The average molecular weight is 534 g/mol. The lowest BCUT2D eigenvalue weighted by molar-refractivity contribution is -0.384. The fourth-order valence-corrected chi connectivity index (χ4v) is 5.86. The fourth-order valence-electron chi connectivity index (χ4n) is 5.86. The Hall–Kier alpha value is -3.95. The number of aryl methyl sites for hydroxylation is 1. The maximum atomic E-state index is 14.4. The number of fused-ring (bicyclic) bond motifs is 1. The van der Waals surface area contributed by atoms with E-state index in [-0.39, 0.29) is 29.8 Å². The van der Waals surface area contributed by atoms with Gasteiger partial charge in [-0.2, -0.15) is 5.10 Å². The number of non-ortho nitro benzene ring substituents is 1. The molecule has 3 amide bonds. The molecule has 0 bridgehead atoms. The summed E-state index contributed by atoms with van der Waals surface area (Å²) in [6.45, 7) is 5.05. The number of nitrogens with zero attached hydrogens (tertiary/aromatic N) is 5. The summed E-state index contributed by atoms with van der Waals surface area (Å²) < 4.78 is 5.18. The number of carbonyl (C=O) groups excluding carboxylic acids is 2. The number of ether oxygens (including phenoxy) is 1. The van der Waals surface area contributed by atoms with Crippen LogP contribution in [0.4, 0.5) is 26.7 Å². The highest BCUT2D eigenvalue weighted by Crippen LogP contribution is 2.39. The van der Waals surface area contributed by atoms with Crippen molar-refractivity contribution in [1.29, 1.82) is 0 Å². The molecule has 2 aromatic rings. The second kappa shape index (κ2) is 11.4. The zero-order chi connectivity index (χ0) is 27.5. The number of nitro benzene ring substituents is 1. The Kier molecular flexibility index (Phi) is 7.81. The molecule has 206 valence electrons. The second-order valence-corrected chi connectivity index (χ2v) is 10.5. The number of hydrogen-bond acceptors (Lipinski definition) is 6. The molecular weight excluding hydrogens is 498 g/mol. The van der Waals surface area contributed by atoms with Gasteiger partial charge < -0.3 is 9.64 Å². The minimum atomic E-state index is -0.444. The number of anilines is 2. The number of carbonyl (C=O) groups is 2. The van der Waals surface area contributed by atoms with Crippen LogP contribution in [0.3, 0.4) is 0 Å². The first-order chi connectivity index (χ1) is 18.9. The first-order valence-electron chi connectivity index (χ1n) is 13.9. The van der Waals surface area contributed by atoms with E-state index in [4.69, 9.17) is 9.84 Å². The Morgan fingerprint density at radius 1 is 1.05 bits per heavy atom. The van der Waals surface area contributed by atoms with Crippen molar-refractivity contribution < 1.29 is 19.2 Å². The first kappa shape index (κ1) is 26.6. The molecule has 1 saturated carbocycles. The number of nitro groups is 1. The number of benzene rings is 2. The molecule has 0 aromatic heterocycles. The van der Waals surface area contributed by atoms with Crippen molar-refractivity contribution in [2.45, 2.75) is 64.8 Å². The average Bonchev–Trinajstić information content (AvgIpc) is 3.07. The van der Waals surface area contributed by atoms with E-state index in [9.17, 15) is 19.7 Å². The Morgan fingerprint density at radius 2 is 1.74 bits per heavy atom. The summed E-state index contributed by atoms with van der Waals surface area (Å²) in [4.78, 5) is 40.9. The summed E-state index contributed by atoms with van der Waals surface area (Å²) in [6, 6.07) is 11.7. The van der Waals surface area contributed by atoms with Crippen LogP contribution in [-0.2, 0) is 4.74 Å². The van der Waals surface area contributed by atoms with Crippen LogP contribution in [0.25, 0.3) is 0 Å². The van der Waals surface area contributed by atoms with Crippen LogP contribution in [0.5, 0.6) is 0 Å². The summed E-state index contributed by atoms with van der Waals surface area (Å²) in [5.74, 6) is 0.243. The molecular formula is C29H35N5O5. The smallest absolute Gasteiger partial charge is 0.409 e. The van der Waals surface area contributed by atoms with E-state index in [0.717, 1.165) is 48.2 Å². The fraction of sp³-hybridized carbons (Fsp3) is 0.483. The molecule has 2 fully saturated rings. The lowest BCUT2D eigenvalue weighted by Crippen LogP contribution is -2.49. The number of urea groups is 1. The number of hydrazone groups is 1. The van der Waals surface area contributed by atoms with Crippen molar-refractivity contribution in [3.8, 4) is 0 Å². The Bertz CT molecular complexity index is 1260. The number of amides is 3. The second-order valence-electron chi connectivity index (χ2n) is 10.5. The minimum absolute atomic E-state index is 0.0344. The van der Waals surface area contributed by atoms with Gasteiger partial charge in [0.1, 0.15) is 0 Å². The van der Waals surface area contributed by atoms with Crippen molar-refractivity contribution >= 4 is 34.9 Å². The quantitative estimate of drug-likeness (QED) is 0.327. The first-order valence-corrected chi connectivity index (χ1v) is 13.9. The van der Waals surface area contributed by atoms with Crippen LogP contribution >= 0.6 is 0 Å². The zero-order valence-electron chi connectivity index (χ0n) is 22.5. The molecule has 2 aliphatic heterocycles. The van der Waals surface area contributed by atoms with Crippen LogP contribution in [-0.4, -0.2) is 58.4 Å². The summed E-state index contributed by atoms with van der Waals surface area (Å²) >= 11 is 0. The van der Waals surface area contributed by atoms with Gasteiger partial charge in [0, 0.05) is 36.7 Å². The Labute approximate surface area is 228 Å². The molecule has 3 aliphatic rings. The molecule has 2 heterocycles. The number of hydrogen-bond donors (Lipinski definition) is 0. The normalized spacial score (nSPS) is 18.9. The molecule has 0 N–H and O–H groups in total. The lowest BCUT2D eigenvalue weighted by Gasteiger charge is -2.37. The topological polar surface area (TPSA) is 109 Å². The van der Waals surface area contributed by atoms with Crippen LogP contribution in [0.2, 0.25) is 0 Å². The third kappa shape index (κ3) is 5.46. The van der Waals surface area contributed by atoms with E-state index < -0.39 is 4.92 Å². The Balaban J connectivity index is 1.57. The van der Waals surface area contributed by atoms with Gasteiger partial charge in [-0.1, -0.05) is 31.4 Å². The number of likely N-dealkylation sites (tertiary alicyclic amines) is 1. The van der Waals surface area contributed by atoms with Crippen LogP contribution in [0.1, 0.15) is 63.0 Å². The predicted molar refractivity (Wildman–Crippen MR) is 148 cm³/mol. The molecule has 10 heteroatoms. The molecule has 39 heavy (non-hydrogen) atoms. The highest BCUT2D eigenvalue weighted by atomic mass is 16.6. The van der Waals surface area contributed by atoms with E-state index in [0.29, 0.717) is 38.2 Å². The summed E-state index contributed by atoms with van der Waals surface area (Å²) in [5, 5.41) is 18.0. The predicted octanol–water partition coefficient (Wildman–Crippen LogP) is 6.38. The van der Waals surface area contributed by atoms with Gasteiger partial charge in [-0.25, -0.2) is 14.6 Å². The summed E-state index contributed by atoms with van der Waals surface area (Å²) in [7, 11) is 0. The van der Waals surface area contributed by atoms with Gasteiger partial charge in [-0.05, 0) is 63.3 Å². The molecule has 0 spiro atoms. The van der Waals surface area contributed by atoms with Crippen LogP contribution < -0.4 is 4.90 Å². The molecule has 0 atom stereocenters. The van der Waals surface area contributed by atoms with E-state index in [1.54, 1.807) is 33.9 Å². The lowest BCUT2D eigenvalue weighted by atomic mass is 9.82. The monoisotopic (exact) mass is 533 g/mol. The third-order valence-electron chi connectivity index (χ3n) is 7.92. The van der Waals surface area contributed by atoms with E-state index >= 15 is 0 Å². The molecule has 0 radical (unpaired) electrons. The van der Waals surface area contributed by atoms with E-state index in [2.05, 4.69) is 6.07 Å².